The van der Waals surface area contributed by atoms with Gasteiger partial charge in [-0.1, -0.05) is 0 Å². The van der Waals surface area contributed by atoms with Crippen molar-refractivity contribution in [3.8, 4) is 0 Å². The molecule has 2 unspecified atom stereocenters. The zero-order valence-electron chi connectivity index (χ0n) is 11.1. The van der Waals surface area contributed by atoms with Gasteiger partial charge in [0.05, 0.1) is 6.10 Å². The van der Waals surface area contributed by atoms with E-state index in [0.29, 0.717) is 0 Å². The van der Waals surface area contributed by atoms with Gasteiger partial charge in [-0.3, -0.25) is 0 Å². The molecular formula is C13H27N3O. The summed E-state index contributed by atoms with van der Waals surface area (Å²) in [6.45, 7) is 7.42. The Morgan fingerprint density at radius 1 is 1.29 bits per heavy atom. The molecule has 0 bridgehead atoms. The number of likely N-dealkylation sites (tertiary alicyclic amines) is 2. The van der Waals surface area contributed by atoms with E-state index < -0.39 is 0 Å². The van der Waals surface area contributed by atoms with Crippen molar-refractivity contribution in [2.75, 3.05) is 52.9 Å². The van der Waals surface area contributed by atoms with Crippen LogP contribution < -0.4 is 5.32 Å². The molecule has 0 radical (unpaired) electrons. The second-order valence-corrected chi connectivity index (χ2v) is 5.74. The molecule has 0 aromatic carbocycles. The summed E-state index contributed by atoms with van der Waals surface area (Å²) < 4.78 is 0. The van der Waals surface area contributed by atoms with E-state index in [9.17, 15) is 5.11 Å². The van der Waals surface area contributed by atoms with Gasteiger partial charge in [-0.05, 0) is 58.4 Å². The smallest absolute Gasteiger partial charge is 0.0791 e. The van der Waals surface area contributed by atoms with E-state index in [0.717, 1.165) is 25.6 Å². The first kappa shape index (κ1) is 13.3. The number of nitrogens with one attached hydrogen (secondary N) is 1. The average Bonchev–Trinajstić information content (AvgIpc) is 2.90. The van der Waals surface area contributed by atoms with Crippen molar-refractivity contribution in [3.63, 3.8) is 0 Å². The van der Waals surface area contributed by atoms with Crippen molar-refractivity contribution in [1.82, 2.24) is 15.1 Å². The molecule has 2 saturated heterocycles. The molecule has 0 aromatic rings. The zero-order valence-corrected chi connectivity index (χ0v) is 11.1. The molecule has 4 nitrogen and oxygen atoms in total. The molecule has 2 aliphatic heterocycles. The fraction of sp³-hybridized carbons (Fsp3) is 1.00. The summed E-state index contributed by atoms with van der Waals surface area (Å²) in [4.78, 5) is 4.75. The summed E-state index contributed by atoms with van der Waals surface area (Å²) in [5, 5.41) is 13.3. The van der Waals surface area contributed by atoms with Crippen molar-refractivity contribution in [2.45, 2.75) is 25.4 Å². The standard InChI is InChI=1S/C13H27N3O/c1-15-7-4-12(10-15)8-14-9-13(17)11-16-5-2-3-6-16/h12-14,17H,2-11H2,1H3. The van der Waals surface area contributed by atoms with Crippen LogP contribution >= 0.6 is 0 Å². The molecule has 17 heavy (non-hydrogen) atoms. The molecule has 2 rings (SSSR count). The maximum Gasteiger partial charge on any atom is 0.0791 e. The van der Waals surface area contributed by atoms with Crippen molar-refractivity contribution >= 4 is 0 Å². The monoisotopic (exact) mass is 241 g/mol. The first-order chi connectivity index (χ1) is 8.24. The van der Waals surface area contributed by atoms with Gasteiger partial charge >= 0.3 is 0 Å². The third-order valence-electron chi connectivity index (χ3n) is 3.97. The highest BCUT2D eigenvalue weighted by Crippen LogP contribution is 2.12. The number of nitrogens with zero attached hydrogens (tertiary/aromatic N) is 2. The Labute approximate surface area is 105 Å². The van der Waals surface area contributed by atoms with Crippen molar-refractivity contribution in [3.05, 3.63) is 0 Å². The van der Waals surface area contributed by atoms with Crippen LogP contribution in [-0.4, -0.2) is 73.9 Å². The summed E-state index contributed by atoms with van der Waals surface area (Å²) in [6, 6.07) is 0. The number of hydrogen-bond donors (Lipinski definition) is 2. The lowest BCUT2D eigenvalue weighted by Gasteiger charge is -2.20. The Morgan fingerprint density at radius 2 is 2.06 bits per heavy atom. The molecule has 100 valence electrons. The first-order valence-electron chi connectivity index (χ1n) is 7.03. The number of rotatable bonds is 6. The predicted molar refractivity (Wildman–Crippen MR) is 70.2 cm³/mol. The van der Waals surface area contributed by atoms with E-state index in [1.165, 1.54) is 45.4 Å². The summed E-state index contributed by atoms with van der Waals surface area (Å²) in [5.74, 6) is 0.777. The Balaban J connectivity index is 1.52. The fourth-order valence-electron chi connectivity index (χ4n) is 2.97. The van der Waals surface area contributed by atoms with E-state index in [1.807, 2.05) is 0 Å². The zero-order chi connectivity index (χ0) is 12.1. The van der Waals surface area contributed by atoms with E-state index in [1.54, 1.807) is 0 Å². The highest BCUT2D eigenvalue weighted by Gasteiger charge is 2.20. The third kappa shape index (κ3) is 4.54. The quantitative estimate of drug-likeness (QED) is 0.686. The number of hydrogen-bond acceptors (Lipinski definition) is 4. The first-order valence-corrected chi connectivity index (χ1v) is 7.03. The molecule has 0 saturated carbocycles. The minimum Gasteiger partial charge on any atom is -0.390 e. The summed E-state index contributed by atoms with van der Waals surface area (Å²) in [5.41, 5.74) is 0. The number of β-amino-alcohol motifs (C(OH)–C–C–N with tert-alkyl or cyclic N) is 1. The van der Waals surface area contributed by atoms with Crippen LogP contribution in [0.25, 0.3) is 0 Å². The number of aliphatic hydroxyl groups is 1. The molecule has 0 amide bonds. The van der Waals surface area contributed by atoms with Gasteiger partial charge in [0.1, 0.15) is 0 Å². The van der Waals surface area contributed by atoms with E-state index in [-0.39, 0.29) is 6.10 Å². The normalized spacial score (nSPS) is 28.9. The van der Waals surface area contributed by atoms with Gasteiger partial charge in [-0.25, -0.2) is 0 Å². The van der Waals surface area contributed by atoms with Crippen LogP contribution in [0.1, 0.15) is 19.3 Å². The van der Waals surface area contributed by atoms with Crippen molar-refractivity contribution in [2.24, 2.45) is 5.92 Å². The molecular weight excluding hydrogens is 214 g/mol. The van der Waals surface area contributed by atoms with Crippen LogP contribution in [0.3, 0.4) is 0 Å². The average molecular weight is 241 g/mol. The van der Waals surface area contributed by atoms with Gasteiger partial charge in [0.15, 0.2) is 0 Å². The van der Waals surface area contributed by atoms with Gasteiger partial charge in [0.2, 0.25) is 0 Å². The molecule has 2 aliphatic rings. The van der Waals surface area contributed by atoms with Gasteiger partial charge in [-0.2, -0.15) is 0 Å². The number of aliphatic hydroxyl groups excluding tert-OH is 1. The third-order valence-corrected chi connectivity index (χ3v) is 3.97. The Morgan fingerprint density at radius 3 is 2.71 bits per heavy atom. The van der Waals surface area contributed by atoms with E-state index in [4.69, 9.17) is 0 Å². The second-order valence-electron chi connectivity index (χ2n) is 5.74. The molecule has 0 aliphatic carbocycles. The maximum absolute atomic E-state index is 9.92. The molecule has 4 heteroatoms. The molecule has 0 spiro atoms. The van der Waals surface area contributed by atoms with Crippen LogP contribution in [0.2, 0.25) is 0 Å². The second kappa shape index (κ2) is 6.69. The lowest BCUT2D eigenvalue weighted by Crippen LogP contribution is -2.38. The van der Waals surface area contributed by atoms with Crippen LogP contribution in [0, 0.1) is 5.92 Å². The predicted octanol–water partition coefficient (Wildman–Crippen LogP) is -0.0156. The van der Waals surface area contributed by atoms with Crippen LogP contribution in [0.5, 0.6) is 0 Å². The van der Waals surface area contributed by atoms with Crippen LogP contribution in [0.4, 0.5) is 0 Å². The molecule has 2 atom stereocenters. The Bertz CT molecular complexity index is 219. The van der Waals surface area contributed by atoms with E-state index in [2.05, 4.69) is 22.2 Å². The largest absolute Gasteiger partial charge is 0.390 e. The minimum absolute atomic E-state index is 0.202. The lowest BCUT2D eigenvalue weighted by molar-refractivity contribution is 0.122. The van der Waals surface area contributed by atoms with Crippen LogP contribution in [-0.2, 0) is 0 Å². The molecule has 0 aromatic heterocycles. The summed E-state index contributed by atoms with van der Waals surface area (Å²) in [7, 11) is 2.18. The molecule has 2 heterocycles. The Hall–Kier alpha value is -0.160. The molecule has 2 N–H and O–H groups in total. The topological polar surface area (TPSA) is 38.7 Å². The van der Waals surface area contributed by atoms with Gasteiger partial charge < -0.3 is 20.2 Å². The lowest BCUT2D eigenvalue weighted by atomic mass is 10.1. The van der Waals surface area contributed by atoms with Crippen molar-refractivity contribution in [1.29, 1.82) is 0 Å². The van der Waals surface area contributed by atoms with Gasteiger partial charge in [0, 0.05) is 19.6 Å². The van der Waals surface area contributed by atoms with Crippen molar-refractivity contribution < 1.29 is 5.11 Å². The molecule has 2 fully saturated rings. The maximum atomic E-state index is 9.92. The minimum atomic E-state index is -0.202. The summed E-state index contributed by atoms with van der Waals surface area (Å²) in [6.07, 6.45) is 3.70. The SMILES string of the molecule is CN1CCC(CNCC(O)CN2CCCC2)C1. The van der Waals surface area contributed by atoms with Gasteiger partial charge in [-0.15, -0.1) is 0 Å². The fourth-order valence-corrected chi connectivity index (χ4v) is 2.97. The highest BCUT2D eigenvalue weighted by molar-refractivity contribution is 4.76. The van der Waals surface area contributed by atoms with Crippen LogP contribution in [0.15, 0.2) is 0 Å². The van der Waals surface area contributed by atoms with Gasteiger partial charge in [0.25, 0.3) is 0 Å². The summed E-state index contributed by atoms with van der Waals surface area (Å²) >= 11 is 0. The Kier molecular flexibility index (Phi) is 5.22. The highest BCUT2D eigenvalue weighted by atomic mass is 16.3. The van der Waals surface area contributed by atoms with E-state index >= 15 is 0 Å².